The molecule has 0 spiro atoms. The van der Waals surface area contributed by atoms with Gasteiger partial charge in [-0.1, -0.05) is 38.1 Å². The number of aromatic nitrogens is 2. The van der Waals surface area contributed by atoms with E-state index >= 15 is 0 Å². The molecule has 1 aromatic carbocycles. The zero-order chi connectivity index (χ0) is 17.9. The van der Waals surface area contributed by atoms with Gasteiger partial charge in [-0.25, -0.2) is 0 Å². The number of nitrogens with zero attached hydrogens (tertiary/aromatic N) is 2. The number of hydrogen-bond donors (Lipinski definition) is 2. The van der Waals surface area contributed by atoms with Crippen LogP contribution in [0.3, 0.4) is 0 Å². The standard InChI is InChI=1S/C17H22N4O3/c1-10(15-19-11(2)21-24-15)18-14(22)12-8-6-7-9-13(12)20-16(23)17(3,4)5/h6-10H,1-5H3,(H,18,22)(H,20,23)/t10-/m1/s1. The highest BCUT2D eigenvalue weighted by molar-refractivity contribution is 6.04. The van der Waals surface area contributed by atoms with Crippen molar-refractivity contribution >= 4 is 17.5 Å². The fraction of sp³-hybridized carbons (Fsp3) is 0.412. The summed E-state index contributed by atoms with van der Waals surface area (Å²) < 4.78 is 5.06. The Bertz CT molecular complexity index is 746. The van der Waals surface area contributed by atoms with E-state index in [1.807, 2.05) is 20.8 Å². The van der Waals surface area contributed by atoms with Crippen LogP contribution in [0.4, 0.5) is 5.69 Å². The molecular formula is C17H22N4O3. The van der Waals surface area contributed by atoms with Crippen LogP contribution in [0.1, 0.15) is 55.8 Å². The number of aryl methyl sites for hydroxylation is 1. The monoisotopic (exact) mass is 330 g/mol. The summed E-state index contributed by atoms with van der Waals surface area (Å²) >= 11 is 0. The van der Waals surface area contributed by atoms with Gasteiger partial charge in [-0.05, 0) is 26.0 Å². The number of para-hydroxylation sites is 1. The van der Waals surface area contributed by atoms with Crippen LogP contribution >= 0.6 is 0 Å². The summed E-state index contributed by atoms with van der Waals surface area (Å²) in [5.74, 6) is 0.340. The average Bonchev–Trinajstić information content (AvgIpc) is 2.93. The van der Waals surface area contributed by atoms with Crippen molar-refractivity contribution in [2.24, 2.45) is 5.41 Å². The van der Waals surface area contributed by atoms with Gasteiger partial charge < -0.3 is 15.2 Å². The smallest absolute Gasteiger partial charge is 0.254 e. The van der Waals surface area contributed by atoms with E-state index in [9.17, 15) is 9.59 Å². The average molecular weight is 330 g/mol. The molecule has 24 heavy (non-hydrogen) atoms. The first-order chi connectivity index (χ1) is 11.2. The Balaban J connectivity index is 2.16. The highest BCUT2D eigenvalue weighted by Gasteiger charge is 2.24. The molecule has 1 heterocycles. The lowest BCUT2D eigenvalue weighted by atomic mass is 9.95. The molecule has 1 atom stereocenters. The normalized spacial score (nSPS) is 12.5. The first-order valence-corrected chi connectivity index (χ1v) is 7.70. The minimum atomic E-state index is -0.557. The van der Waals surface area contributed by atoms with Gasteiger partial charge in [0, 0.05) is 5.41 Å². The minimum absolute atomic E-state index is 0.164. The van der Waals surface area contributed by atoms with E-state index in [2.05, 4.69) is 20.8 Å². The van der Waals surface area contributed by atoms with Crippen molar-refractivity contribution in [3.8, 4) is 0 Å². The number of benzene rings is 1. The third-order valence-electron chi connectivity index (χ3n) is 3.36. The summed E-state index contributed by atoms with van der Waals surface area (Å²) in [5.41, 5.74) is 0.278. The van der Waals surface area contributed by atoms with E-state index in [-0.39, 0.29) is 11.8 Å². The Morgan fingerprint density at radius 2 is 1.88 bits per heavy atom. The molecule has 2 rings (SSSR count). The maximum Gasteiger partial charge on any atom is 0.254 e. The maximum absolute atomic E-state index is 12.5. The van der Waals surface area contributed by atoms with E-state index in [1.165, 1.54) is 0 Å². The molecule has 7 heteroatoms. The Hall–Kier alpha value is -2.70. The fourth-order valence-corrected chi connectivity index (χ4v) is 1.93. The van der Waals surface area contributed by atoms with Gasteiger partial charge in [0.25, 0.3) is 5.91 Å². The molecule has 128 valence electrons. The molecule has 0 saturated heterocycles. The summed E-state index contributed by atoms with van der Waals surface area (Å²) in [6.07, 6.45) is 0. The van der Waals surface area contributed by atoms with Gasteiger partial charge in [0.1, 0.15) is 6.04 Å². The van der Waals surface area contributed by atoms with Gasteiger partial charge >= 0.3 is 0 Å². The second-order valence-electron chi connectivity index (χ2n) is 6.62. The van der Waals surface area contributed by atoms with Crippen molar-refractivity contribution < 1.29 is 14.1 Å². The number of hydrogen-bond acceptors (Lipinski definition) is 5. The molecule has 0 aliphatic rings. The van der Waals surface area contributed by atoms with Crippen LogP contribution in [0.25, 0.3) is 0 Å². The van der Waals surface area contributed by atoms with Gasteiger partial charge in [0.2, 0.25) is 11.8 Å². The molecule has 0 unspecified atom stereocenters. The molecule has 2 amide bonds. The molecule has 1 aromatic heterocycles. The number of amides is 2. The summed E-state index contributed by atoms with van der Waals surface area (Å²) in [4.78, 5) is 28.8. The first kappa shape index (κ1) is 17.7. The zero-order valence-corrected chi connectivity index (χ0v) is 14.5. The predicted octanol–water partition coefficient (Wildman–Crippen LogP) is 2.85. The first-order valence-electron chi connectivity index (χ1n) is 7.70. The van der Waals surface area contributed by atoms with Crippen LogP contribution in [0.2, 0.25) is 0 Å². The quantitative estimate of drug-likeness (QED) is 0.898. The van der Waals surface area contributed by atoms with Crippen molar-refractivity contribution in [1.29, 1.82) is 0 Å². The van der Waals surface area contributed by atoms with Gasteiger partial charge in [-0.15, -0.1) is 0 Å². The number of rotatable bonds is 4. The lowest BCUT2D eigenvalue weighted by Crippen LogP contribution is -2.31. The molecule has 2 aromatic rings. The van der Waals surface area contributed by atoms with Crippen molar-refractivity contribution in [3.05, 3.63) is 41.5 Å². The van der Waals surface area contributed by atoms with Crippen molar-refractivity contribution in [2.75, 3.05) is 5.32 Å². The topological polar surface area (TPSA) is 97.1 Å². The molecule has 0 radical (unpaired) electrons. The van der Waals surface area contributed by atoms with Crippen LogP contribution in [-0.4, -0.2) is 22.0 Å². The minimum Gasteiger partial charge on any atom is -0.340 e. The predicted molar refractivity (Wildman–Crippen MR) is 89.4 cm³/mol. The summed E-state index contributed by atoms with van der Waals surface area (Å²) in [6.45, 7) is 8.89. The second kappa shape index (κ2) is 6.82. The van der Waals surface area contributed by atoms with Gasteiger partial charge in [-0.3, -0.25) is 9.59 Å². The van der Waals surface area contributed by atoms with E-state index in [0.29, 0.717) is 23.0 Å². The van der Waals surface area contributed by atoms with E-state index in [1.54, 1.807) is 38.1 Å². The summed E-state index contributed by atoms with van der Waals surface area (Å²) in [7, 11) is 0. The summed E-state index contributed by atoms with van der Waals surface area (Å²) in [5, 5.41) is 9.30. The number of anilines is 1. The maximum atomic E-state index is 12.5. The Morgan fingerprint density at radius 1 is 1.21 bits per heavy atom. The molecule has 2 N–H and O–H groups in total. The van der Waals surface area contributed by atoms with Crippen molar-refractivity contribution in [1.82, 2.24) is 15.5 Å². The second-order valence-corrected chi connectivity index (χ2v) is 6.62. The number of nitrogens with one attached hydrogen (secondary N) is 2. The van der Waals surface area contributed by atoms with Crippen molar-refractivity contribution in [3.63, 3.8) is 0 Å². The van der Waals surface area contributed by atoms with Crippen LogP contribution in [0.15, 0.2) is 28.8 Å². The lowest BCUT2D eigenvalue weighted by molar-refractivity contribution is -0.123. The van der Waals surface area contributed by atoms with E-state index < -0.39 is 11.5 Å². The van der Waals surface area contributed by atoms with Crippen LogP contribution < -0.4 is 10.6 Å². The molecule has 0 bridgehead atoms. The highest BCUT2D eigenvalue weighted by Crippen LogP contribution is 2.21. The Morgan fingerprint density at radius 3 is 2.46 bits per heavy atom. The van der Waals surface area contributed by atoms with Crippen LogP contribution in [-0.2, 0) is 4.79 Å². The third kappa shape index (κ3) is 4.18. The number of carbonyl (C=O) groups excluding carboxylic acids is 2. The van der Waals surface area contributed by atoms with Gasteiger partial charge in [0.05, 0.1) is 11.3 Å². The van der Waals surface area contributed by atoms with E-state index in [4.69, 9.17) is 4.52 Å². The largest absolute Gasteiger partial charge is 0.340 e. The van der Waals surface area contributed by atoms with Gasteiger partial charge in [0.15, 0.2) is 5.82 Å². The SMILES string of the molecule is Cc1noc([C@@H](C)NC(=O)c2ccccc2NC(=O)C(C)(C)C)n1. The molecule has 0 saturated carbocycles. The lowest BCUT2D eigenvalue weighted by Gasteiger charge is -2.19. The number of carbonyl (C=O) groups is 2. The van der Waals surface area contributed by atoms with Gasteiger partial charge in [-0.2, -0.15) is 4.98 Å². The third-order valence-corrected chi connectivity index (χ3v) is 3.36. The molecule has 0 aliphatic heterocycles. The molecule has 0 aliphatic carbocycles. The molecule has 0 fully saturated rings. The summed E-state index contributed by atoms with van der Waals surface area (Å²) in [6, 6.07) is 6.41. The van der Waals surface area contributed by atoms with Crippen LogP contribution in [0.5, 0.6) is 0 Å². The molecular weight excluding hydrogens is 308 g/mol. The fourth-order valence-electron chi connectivity index (χ4n) is 1.93. The van der Waals surface area contributed by atoms with Crippen LogP contribution in [0, 0.1) is 12.3 Å². The van der Waals surface area contributed by atoms with Crippen molar-refractivity contribution in [2.45, 2.75) is 40.7 Å². The van der Waals surface area contributed by atoms with E-state index in [0.717, 1.165) is 0 Å². The Labute approximate surface area is 140 Å². The highest BCUT2D eigenvalue weighted by atomic mass is 16.5. The zero-order valence-electron chi connectivity index (χ0n) is 14.5. The Kier molecular flexibility index (Phi) is 5.02. The molecule has 7 nitrogen and oxygen atoms in total.